The number of carbonyl (C=O) groups excluding carboxylic acids is 1. The first-order chi connectivity index (χ1) is 14.4. The van der Waals surface area contributed by atoms with Gasteiger partial charge in [-0.15, -0.1) is 0 Å². The van der Waals surface area contributed by atoms with Crippen LogP contribution in [0.25, 0.3) is 0 Å². The molecule has 2 aliphatic heterocycles. The SMILES string of the molecule is CC1Cc2cc(S(=O)(=O)NCc3ccc4c(c3)OCO4)ccc2N1C(=O)C1CCC1. The van der Waals surface area contributed by atoms with Gasteiger partial charge in [-0.3, -0.25) is 4.79 Å². The zero-order valence-electron chi connectivity index (χ0n) is 16.8. The molecule has 5 rings (SSSR count). The number of amides is 1. The van der Waals surface area contributed by atoms with Crippen molar-refractivity contribution in [1.82, 2.24) is 4.72 Å². The largest absolute Gasteiger partial charge is 0.454 e. The van der Waals surface area contributed by atoms with Crippen LogP contribution in [0, 0.1) is 5.92 Å². The highest BCUT2D eigenvalue weighted by molar-refractivity contribution is 7.89. The van der Waals surface area contributed by atoms with Gasteiger partial charge in [-0.25, -0.2) is 13.1 Å². The highest BCUT2D eigenvalue weighted by Gasteiger charge is 2.37. The Balaban J connectivity index is 1.33. The lowest BCUT2D eigenvalue weighted by atomic mass is 9.84. The Morgan fingerprint density at radius 1 is 1.13 bits per heavy atom. The summed E-state index contributed by atoms with van der Waals surface area (Å²) in [5.74, 6) is 1.57. The minimum absolute atomic E-state index is 0.0487. The van der Waals surface area contributed by atoms with Gasteiger partial charge in [0.15, 0.2) is 11.5 Å². The number of fused-ring (bicyclic) bond motifs is 2. The maximum absolute atomic E-state index is 12.9. The van der Waals surface area contributed by atoms with Gasteiger partial charge < -0.3 is 14.4 Å². The standard InChI is InChI=1S/C22H24N2O5S/c1-14-9-17-11-18(6-7-19(17)24(14)22(25)16-3-2-4-16)30(26,27)23-12-15-5-8-20-21(10-15)29-13-28-20/h5-8,10-11,14,16,23H,2-4,9,12-13H2,1H3. The molecule has 1 aliphatic carbocycles. The lowest BCUT2D eigenvalue weighted by Gasteiger charge is -2.32. The maximum atomic E-state index is 12.9. The van der Waals surface area contributed by atoms with Crippen molar-refractivity contribution < 1.29 is 22.7 Å². The molecule has 8 heteroatoms. The molecule has 1 N–H and O–H groups in total. The quantitative estimate of drug-likeness (QED) is 0.792. The highest BCUT2D eigenvalue weighted by Crippen LogP contribution is 2.38. The van der Waals surface area contributed by atoms with Crippen LogP contribution in [0.5, 0.6) is 11.5 Å². The van der Waals surface area contributed by atoms with Crippen LogP contribution in [0.3, 0.4) is 0 Å². The molecule has 30 heavy (non-hydrogen) atoms. The summed E-state index contributed by atoms with van der Waals surface area (Å²) >= 11 is 0. The second-order valence-electron chi connectivity index (χ2n) is 8.19. The number of hydrogen-bond donors (Lipinski definition) is 1. The van der Waals surface area contributed by atoms with Crippen molar-refractivity contribution in [2.75, 3.05) is 11.7 Å². The van der Waals surface area contributed by atoms with E-state index in [1.165, 1.54) is 0 Å². The molecule has 0 radical (unpaired) electrons. The van der Waals surface area contributed by atoms with Crippen molar-refractivity contribution >= 4 is 21.6 Å². The van der Waals surface area contributed by atoms with Crippen molar-refractivity contribution in [1.29, 1.82) is 0 Å². The first-order valence-corrected chi connectivity index (χ1v) is 11.7. The molecule has 1 amide bonds. The zero-order chi connectivity index (χ0) is 20.9. The molecular weight excluding hydrogens is 404 g/mol. The average Bonchev–Trinajstić information content (AvgIpc) is 3.26. The fourth-order valence-corrected chi connectivity index (χ4v) is 5.34. The molecule has 1 saturated carbocycles. The number of nitrogens with zero attached hydrogens (tertiary/aromatic N) is 1. The summed E-state index contributed by atoms with van der Waals surface area (Å²) in [7, 11) is -3.68. The van der Waals surface area contributed by atoms with Crippen molar-refractivity contribution in [3.63, 3.8) is 0 Å². The molecule has 2 aromatic rings. The lowest BCUT2D eigenvalue weighted by Crippen LogP contribution is -2.42. The maximum Gasteiger partial charge on any atom is 0.240 e. The summed E-state index contributed by atoms with van der Waals surface area (Å²) in [6, 6.07) is 10.5. The van der Waals surface area contributed by atoms with Gasteiger partial charge in [-0.05, 0) is 67.6 Å². The fraction of sp³-hybridized carbons (Fsp3) is 0.409. The Morgan fingerprint density at radius 2 is 1.93 bits per heavy atom. The molecule has 2 heterocycles. The third kappa shape index (κ3) is 3.33. The smallest absolute Gasteiger partial charge is 0.240 e. The third-order valence-corrected chi connectivity index (χ3v) is 7.57. The van der Waals surface area contributed by atoms with E-state index >= 15 is 0 Å². The number of hydrogen-bond acceptors (Lipinski definition) is 5. The Bertz CT molecular complexity index is 1110. The van der Waals surface area contributed by atoms with E-state index in [2.05, 4.69) is 4.72 Å². The van der Waals surface area contributed by atoms with Gasteiger partial charge >= 0.3 is 0 Å². The van der Waals surface area contributed by atoms with Crippen LogP contribution in [-0.4, -0.2) is 27.2 Å². The van der Waals surface area contributed by atoms with Crippen LogP contribution in [0.1, 0.15) is 37.3 Å². The van der Waals surface area contributed by atoms with E-state index in [1.807, 2.05) is 17.9 Å². The Morgan fingerprint density at radius 3 is 2.70 bits per heavy atom. The molecule has 1 fully saturated rings. The van der Waals surface area contributed by atoms with E-state index in [4.69, 9.17) is 9.47 Å². The molecule has 0 spiro atoms. The van der Waals surface area contributed by atoms with Gasteiger partial charge in [0.2, 0.25) is 22.7 Å². The van der Waals surface area contributed by atoms with Crippen LogP contribution in [0.15, 0.2) is 41.3 Å². The van der Waals surface area contributed by atoms with Crippen molar-refractivity contribution in [3.05, 3.63) is 47.5 Å². The van der Waals surface area contributed by atoms with Gasteiger partial charge in [0.1, 0.15) is 0 Å². The van der Waals surface area contributed by atoms with Crippen LogP contribution >= 0.6 is 0 Å². The normalized spacial score (nSPS) is 20.2. The van der Waals surface area contributed by atoms with Gasteiger partial charge in [-0.2, -0.15) is 0 Å². The molecular formula is C22H24N2O5S. The van der Waals surface area contributed by atoms with Crippen LogP contribution in [0.2, 0.25) is 0 Å². The monoisotopic (exact) mass is 428 g/mol. The van der Waals surface area contributed by atoms with E-state index < -0.39 is 10.0 Å². The summed E-state index contributed by atoms with van der Waals surface area (Å²) in [5, 5.41) is 0. The summed E-state index contributed by atoms with van der Waals surface area (Å²) in [4.78, 5) is 14.9. The molecule has 158 valence electrons. The third-order valence-electron chi connectivity index (χ3n) is 6.17. The van der Waals surface area contributed by atoms with E-state index in [0.29, 0.717) is 17.9 Å². The number of sulfonamides is 1. The van der Waals surface area contributed by atoms with Crippen LogP contribution < -0.4 is 19.1 Å². The van der Waals surface area contributed by atoms with E-state index in [9.17, 15) is 13.2 Å². The number of nitrogens with one attached hydrogen (secondary N) is 1. The predicted molar refractivity (Wildman–Crippen MR) is 111 cm³/mol. The Hall–Kier alpha value is -2.58. The summed E-state index contributed by atoms with van der Waals surface area (Å²) in [6.45, 7) is 2.35. The van der Waals surface area contributed by atoms with Crippen molar-refractivity contribution in [3.8, 4) is 11.5 Å². The number of carbonyl (C=O) groups is 1. The van der Waals surface area contributed by atoms with Gasteiger partial charge in [0, 0.05) is 24.2 Å². The van der Waals surface area contributed by atoms with E-state index in [-0.39, 0.29) is 36.1 Å². The van der Waals surface area contributed by atoms with Crippen molar-refractivity contribution in [2.45, 2.75) is 50.1 Å². The van der Waals surface area contributed by atoms with Gasteiger partial charge in [0.25, 0.3) is 0 Å². The molecule has 1 unspecified atom stereocenters. The minimum atomic E-state index is -3.68. The number of anilines is 1. The second kappa shape index (κ2) is 7.28. The molecule has 1 atom stereocenters. The number of rotatable bonds is 5. The number of ether oxygens (including phenoxy) is 2. The van der Waals surface area contributed by atoms with E-state index in [1.54, 1.807) is 30.3 Å². The molecule has 2 aromatic carbocycles. The summed E-state index contributed by atoms with van der Waals surface area (Å²) < 4.78 is 39.0. The second-order valence-corrected chi connectivity index (χ2v) is 9.96. The van der Waals surface area contributed by atoms with Crippen LogP contribution in [0.4, 0.5) is 5.69 Å². The summed E-state index contributed by atoms with van der Waals surface area (Å²) in [6.07, 6.45) is 3.68. The Labute approximate surface area is 176 Å². The molecule has 0 saturated heterocycles. The predicted octanol–water partition coefficient (Wildman–Crippen LogP) is 2.97. The number of benzene rings is 2. The fourth-order valence-electron chi connectivity index (χ4n) is 4.27. The molecule has 0 bridgehead atoms. The minimum Gasteiger partial charge on any atom is -0.454 e. The summed E-state index contributed by atoms with van der Waals surface area (Å²) in [5.41, 5.74) is 2.53. The van der Waals surface area contributed by atoms with Gasteiger partial charge in [0.05, 0.1) is 4.90 Å². The molecule has 0 aromatic heterocycles. The van der Waals surface area contributed by atoms with E-state index in [0.717, 1.165) is 36.1 Å². The molecule has 7 nitrogen and oxygen atoms in total. The first kappa shape index (κ1) is 19.4. The zero-order valence-corrected chi connectivity index (χ0v) is 17.6. The topological polar surface area (TPSA) is 84.9 Å². The Kier molecular flexibility index (Phi) is 4.71. The molecule has 3 aliphatic rings. The van der Waals surface area contributed by atoms with Gasteiger partial charge in [-0.1, -0.05) is 12.5 Å². The van der Waals surface area contributed by atoms with Crippen molar-refractivity contribution in [2.24, 2.45) is 5.92 Å². The van der Waals surface area contributed by atoms with Crippen LogP contribution in [-0.2, 0) is 27.8 Å². The lowest BCUT2D eigenvalue weighted by molar-refractivity contribution is -0.125. The average molecular weight is 429 g/mol. The first-order valence-electron chi connectivity index (χ1n) is 10.3. The highest BCUT2D eigenvalue weighted by atomic mass is 32.2.